The molecule has 4 nitrogen and oxygen atoms in total. The molecule has 1 amide bonds. The van der Waals surface area contributed by atoms with E-state index in [1.165, 1.54) is 0 Å². The van der Waals surface area contributed by atoms with Gasteiger partial charge in [0, 0.05) is 17.8 Å². The van der Waals surface area contributed by atoms with Crippen LogP contribution >= 0.6 is 11.6 Å². The highest BCUT2D eigenvalue weighted by Gasteiger charge is 2.27. The molecule has 1 aliphatic rings. The Morgan fingerprint density at radius 3 is 2.83 bits per heavy atom. The maximum atomic E-state index is 11.4. The Labute approximate surface area is 111 Å². The summed E-state index contributed by atoms with van der Waals surface area (Å²) in [6.45, 7) is 0.782. The molecule has 1 heterocycles. The number of anilines is 1. The third-order valence-electron chi connectivity index (χ3n) is 3.27. The minimum absolute atomic E-state index is 0.281. The van der Waals surface area contributed by atoms with Gasteiger partial charge in [-0.15, -0.1) is 0 Å². The fraction of sp³-hybridized carbons (Fsp3) is 0.385. The number of nitrogens with two attached hydrogens (primary N) is 1. The molecule has 18 heavy (non-hydrogen) atoms. The molecule has 1 fully saturated rings. The zero-order valence-corrected chi connectivity index (χ0v) is 10.7. The van der Waals surface area contributed by atoms with Crippen molar-refractivity contribution in [3.8, 4) is 0 Å². The number of hydrogen-bond donors (Lipinski definition) is 1. The van der Waals surface area contributed by atoms with Gasteiger partial charge in [0.2, 0.25) is 5.91 Å². The molecule has 0 spiro atoms. The topological polar surface area (TPSA) is 63.4 Å². The number of halogens is 1. The van der Waals surface area contributed by atoms with Gasteiger partial charge in [-0.2, -0.15) is 0 Å². The maximum absolute atomic E-state index is 11.4. The molecule has 1 atom stereocenters. The number of carbonyl (C=O) groups is 2. The summed E-state index contributed by atoms with van der Waals surface area (Å²) in [6, 6.07) is 4.90. The van der Waals surface area contributed by atoms with Gasteiger partial charge < -0.3 is 10.6 Å². The number of nitrogens with zero attached hydrogens (tertiary/aromatic N) is 1. The van der Waals surface area contributed by atoms with Crippen LogP contribution in [-0.4, -0.2) is 24.8 Å². The first-order chi connectivity index (χ1) is 8.63. The number of primary amides is 1. The van der Waals surface area contributed by atoms with E-state index in [4.69, 9.17) is 17.3 Å². The van der Waals surface area contributed by atoms with E-state index in [2.05, 4.69) is 0 Å². The monoisotopic (exact) mass is 266 g/mol. The van der Waals surface area contributed by atoms with Crippen molar-refractivity contribution in [2.24, 2.45) is 5.73 Å². The van der Waals surface area contributed by atoms with Crippen molar-refractivity contribution < 1.29 is 9.59 Å². The Bertz CT molecular complexity index is 476. The standard InChI is InChI=1S/C13H15ClN2O2/c14-11-7-10(5-4-9(11)8-17)16-6-2-1-3-12(16)13(15)18/h4-5,7-8,12H,1-3,6H2,(H2,15,18). The first-order valence-electron chi connectivity index (χ1n) is 5.94. The highest BCUT2D eigenvalue weighted by Crippen LogP contribution is 2.28. The molecule has 0 aliphatic carbocycles. The average Bonchev–Trinajstić information content (AvgIpc) is 2.38. The van der Waals surface area contributed by atoms with E-state index in [9.17, 15) is 9.59 Å². The average molecular weight is 267 g/mol. The van der Waals surface area contributed by atoms with Crippen molar-refractivity contribution in [3.05, 3.63) is 28.8 Å². The van der Waals surface area contributed by atoms with Gasteiger partial charge in [0.15, 0.2) is 6.29 Å². The third kappa shape index (κ3) is 2.48. The predicted octanol–water partition coefficient (Wildman–Crippen LogP) is 2.00. The smallest absolute Gasteiger partial charge is 0.240 e. The van der Waals surface area contributed by atoms with Gasteiger partial charge >= 0.3 is 0 Å². The molecular formula is C13H15ClN2O2. The summed E-state index contributed by atoms with van der Waals surface area (Å²) in [6.07, 6.45) is 3.51. The molecule has 96 valence electrons. The Kier molecular flexibility index (Phi) is 3.87. The van der Waals surface area contributed by atoms with Crippen LogP contribution in [0, 0.1) is 0 Å². The number of aldehydes is 1. The zero-order chi connectivity index (χ0) is 13.1. The SMILES string of the molecule is NC(=O)C1CCCCN1c1ccc(C=O)c(Cl)c1. The number of hydrogen-bond acceptors (Lipinski definition) is 3. The molecule has 1 aliphatic heterocycles. The summed E-state index contributed by atoms with van der Waals surface area (Å²) in [5.41, 5.74) is 6.71. The van der Waals surface area contributed by atoms with Gasteiger partial charge in [-0.05, 0) is 37.5 Å². The highest BCUT2D eigenvalue weighted by atomic mass is 35.5. The van der Waals surface area contributed by atoms with Crippen molar-refractivity contribution in [3.63, 3.8) is 0 Å². The van der Waals surface area contributed by atoms with Crippen molar-refractivity contribution in [2.75, 3.05) is 11.4 Å². The molecule has 1 aromatic carbocycles. The second-order valence-corrected chi connectivity index (χ2v) is 4.84. The summed E-state index contributed by atoms with van der Waals surface area (Å²) in [4.78, 5) is 24.1. The molecule has 1 saturated heterocycles. The van der Waals surface area contributed by atoms with E-state index in [0.29, 0.717) is 16.9 Å². The van der Waals surface area contributed by atoms with Crippen LogP contribution in [0.1, 0.15) is 29.6 Å². The van der Waals surface area contributed by atoms with E-state index in [1.54, 1.807) is 18.2 Å². The van der Waals surface area contributed by atoms with Gasteiger partial charge in [0.05, 0.1) is 5.02 Å². The van der Waals surface area contributed by atoms with Crippen LogP contribution < -0.4 is 10.6 Å². The molecule has 0 bridgehead atoms. The molecule has 2 rings (SSSR count). The number of piperidine rings is 1. The van der Waals surface area contributed by atoms with E-state index in [0.717, 1.165) is 31.5 Å². The van der Waals surface area contributed by atoms with E-state index >= 15 is 0 Å². The first kappa shape index (κ1) is 12.9. The van der Waals surface area contributed by atoms with Gasteiger partial charge in [-0.25, -0.2) is 0 Å². The quantitative estimate of drug-likeness (QED) is 0.851. The lowest BCUT2D eigenvalue weighted by Gasteiger charge is -2.35. The molecule has 0 saturated carbocycles. The van der Waals surface area contributed by atoms with E-state index < -0.39 is 0 Å². The first-order valence-corrected chi connectivity index (χ1v) is 6.32. The number of carbonyl (C=O) groups excluding carboxylic acids is 2. The fourth-order valence-corrected chi connectivity index (χ4v) is 2.55. The van der Waals surface area contributed by atoms with Gasteiger partial charge in [-0.3, -0.25) is 9.59 Å². The Morgan fingerprint density at radius 2 is 2.22 bits per heavy atom. The van der Waals surface area contributed by atoms with Crippen LogP contribution in [0.2, 0.25) is 5.02 Å². The summed E-state index contributed by atoms with van der Waals surface area (Å²) < 4.78 is 0. The summed E-state index contributed by atoms with van der Waals surface area (Å²) >= 11 is 6.00. The Morgan fingerprint density at radius 1 is 1.44 bits per heavy atom. The van der Waals surface area contributed by atoms with Crippen LogP contribution in [0.4, 0.5) is 5.69 Å². The zero-order valence-electron chi connectivity index (χ0n) is 9.93. The second-order valence-electron chi connectivity index (χ2n) is 4.43. The van der Waals surface area contributed by atoms with Gasteiger partial charge in [0.1, 0.15) is 6.04 Å². The third-order valence-corrected chi connectivity index (χ3v) is 3.60. The van der Waals surface area contributed by atoms with E-state index in [1.807, 2.05) is 4.90 Å². The number of benzene rings is 1. The maximum Gasteiger partial charge on any atom is 0.240 e. The normalized spacial score (nSPS) is 19.6. The minimum atomic E-state index is -0.315. The lowest BCUT2D eigenvalue weighted by Crippen LogP contribution is -2.47. The van der Waals surface area contributed by atoms with Gasteiger partial charge in [-0.1, -0.05) is 11.6 Å². The second kappa shape index (κ2) is 5.40. The van der Waals surface area contributed by atoms with Crippen molar-refractivity contribution in [2.45, 2.75) is 25.3 Å². The molecule has 2 N–H and O–H groups in total. The summed E-state index contributed by atoms with van der Waals surface area (Å²) in [5.74, 6) is -0.315. The summed E-state index contributed by atoms with van der Waals surface area (Å²) in [5, 5.41) is 0.399. The molecule has 0 radical (unpaired) electrons. The van der Waals surface area contributed by atoms with Gasteiger partial charge in [0.25, 0.3) is 0 Å². The van der Waals surface area contributed by atoms with Crippen LogP contribution in [0.15, 0.2) is 18.2 Å². The van der Waals surface area contributed by atoms with Crippen LogP contribution in [0.25, 0.3) is 0 Å². The van der Waals surface area contributed by atoms with E-state index in [-0.39, 0.29) is 11.9 Å². The molecular weight excluding hydrogens is 252 g/mol. The van der Waals surface area contributed by atoms with Crippen LogP contribution in [-0.2, 0) is 4.79 Å². The summed E-state index contributed by atoms with van der Waals surface area (Å²) in [7, 11) is 0. The molecule has 1 aromatic rings. The molecule has 5 heteroatoms. The van der Waals surface area contributed by atoms with Crippen molar-refractivity contribution in [1.29, 1.82) is 0 Å². The molecule has 0 aromatic heterocycles. The minimum Gasteiger partial charge on any atom is -0.368 e. The van der Waals surface area contributed by atoms with Crippen molar-refractivity contribution in [1.82, 2.24) is 0 Å². The number of rotatable bonds is 3. The fourth-order valence-electron chi connectivity index (χ4n) is 2.33. The molecule has 1 unspecified atom stereocenters. The lowest BCUT2D eigenvalue weighted by molar-refractivity contribution is -0.119. The Hall–Kier alpha value is -1.55. The van der Waals surface area contributed by atoms with Crippen LogP contribution in [0.5, 0.6) is 0 Å². The van der Waals surface area contributed by atoms with Crippen molar-refractivity contribution >= 4 is 29.5 Å². The number of amides is 1. The van der Waals surface area contributed by atoms with Crippen LogP contribution in [0.3, 0.4) is 0 Å². The largest absolute Gasteiger partial charge is 0.368 e. The highest BCUT2D eigenvalue weighted by molar-refractivity contribution is 6.33. The Balaban J connectivity index is 2.31. The predicted molar refractivity (Wildman–Crippen MR) is 71.0 cm³/mol. The lowest BCUT2D eigenvalue weighted by atomic mass is 10.0.